The van der Waals surface area contributed by atoms with E-state index in [-0.39, 0.29) is 25.9 Å². The van der Waals surface area contributed by atoms with Crippen LogP contribution in [0.1, 0.15) is 36.8 Å². The molecule has 4 N–H and O–H groups in total. The van der Waals surface area contributed by atoms with Crippen molar-refractivity contribution >= 4 is 39.5 Å². The molecule has 0 aromatic heterocycles. The Morgan fingerprint density at radius 2 is 1.69 bits per heavy atom. The molecule has 14 heteroatoms. The minimum atomic E-state index is -3.85. The molecule has 3 aliphatic carbocycles. The van der Waals surface area contributed by atoms with E-state index in [1.165, 1.54) is 11.0 Å². The van der Waals surface area contributed by atoms with E-state index in [9.17, 15) is 27.6 Å². The van der Waals surface area contributed by atoms with Gasteiger partial charge in [0.25, 0.3) is 5.91 Å². The third-order valence-corrected chi connectivity index (χ3v) is 10.9. The van der Waals surface area contributed by atoms with Crippen molar-refractivity contribution in [2.75, 3.05) is 13.1 Å². The Balaban J connectivity index is 1.13. The summed E-state index contributed by atoms with van der Waals surface area (Å²) in [6, 6.07) is 13.2. The highest BCUT2D eigenvalue weighted by Gasteiger charge is 2.62. The smallest absolute Gasteiger partial charge is 0.315 e. The number of nitrogens with one attached hydrogen (secondary N) is 4. The van der Waals surface area contributed by atoms with Crippen molar-refractivity contribution < 1.29 is 32.4 Å². The Bertz CT molecular complexity index is 1730. The lowest BCUT2D eigenvalue weighted by atomic mass is 10.1. The second-order valence-electron chi connectivity index (χ2n) is 12.1. The van der Waals surface area contributed by atoms with Gasteiger partial charge >= 0.3 is 6.03 Å². The summed E-state index contributed by atoms with van der Waals surface area (Å²) >= 11 is 0. The monoisotopic (exact) mass is 632 g/mol. The Kier molecular flexibility index (Phi) is 6.91. The number of hydrogen-bond acceptors (Lipinski definition) is 8. The zero-order valence-corrected chi connectivity index (χ0v) is 25.0. The van der Waals surface area contributed by atoms with Gasteiger partial charge in [0, 0.05) is 30.0 Å². The molecule has 45 heavy (non-hydrogen) atoms. The van der Waals surface area contributed by atoms with Crippen molar-refractivity contribution in [2.45, 2.75) is 54.7 Å². The van der Waals surface area contributed by atoms with Crippen LogP contribution in [0.3, 0.4) is 0 Å². The fourth-order valence-electron chi connectivity index (χ4n) is 6.41. The lowest BCUT2D eigenvalue weighted by Gasteiger charge is -2.27. The quantitative estimate of drug-likeness (QED) is 0.199. The van der Waals surface area contributed by atoms with Gasteiger partial charge in [-0.1, -0.05) is 59.8 Å². The van der Waals surface area contributed by atoms with Crippen molar-refractivity contribution in [3.8, 4) is 11.1 Å². The van der Waals surface area contributed by atoms with E-state index in [1.807, 2.05) is 48.5 Å². The molecule has 7 rings (SSSR count). The first-order valence-corrected chi connectivity index (χ1v) is 16.4. The first kappa shape index (κ1) is 29.0. The lowest BCUT2D eigenvalue weighted by Crippen LogP contribution is -2.58. The van der Waals surface area contributed by atoms with E-state index >= 15 is 0 Å². The Morgan fingerprint density at radius 3 is 2.24 bits per heavy atom. The number of hydrogen-bond donors (Lipinski definition) is 4. The maximum absolute atomic E-state index is 13.8. The van der Waals surface area contributed by atoms with Crippen LogP contribution in [-0.4, -0.2) is 84.8 Å². The van der Waals surface area contributed by atoms with Crippen molar-refractivity contribution in [1.82, 2.24) is 25.6 Å². The number of benzene rings is 2. The number of oxime groups is 1. The summed E-state index contributed by atoms with van der Waals surface area (Å²) in [5.74, 6) is -2.44. The molecule has 0 radical (unpaired) electrons. The van der Waals surface area contributed by atoms with Crippen molar-refractivity contribution in [1.29, 1.82) is 0 Å². The SMILES string of the molecule is C=C[C@@H]1C[C@]1(NC(=O)[C@@H]1C[C@@H](ON=C2c3ccccc3-c3ccccc32)CN1C(=O)[C@@H]1CNC(=O)N1)C(=O)NS(=O)(=O)C1CC1. The minimum absolute atomic E-state index is 0.00348. The summed E-state index contributed by atoms with van der Waals surface area (Å²) in [5, 5.41) is 11.7. The largest absolute Gasteiger partial charge is 0.390 e. The molecule has 2 heterocycles. The standard InChI is InChI=1S/C31H32N6O7S/c1-2-17-14-31(17,29(40)36-45(42,43)19-11-12-19)34-27(38)25-13-18(16-37(25)28(39)24-15-32-30(41)33-24)44-35-26-22-9-5-3-7-20(22)21-8-4-6-10-23(21)26/h2-10,17-19,24-25H,1,11-16H2,(H,34,38)(H,36,40)(H2,32,33,41)/t17-,18-,24+,25+,31-/m1/s1. The van der Waals surface area contributed by atoms with E-state index in [0.29, 0.717) is 18.6 Å². The number of amides is 5. The van der Waals surface area contributed by atoms with Crippen LogP contribution < -0.4 is 20.7 Å². The third kappa shape index (κ3) is 5.12. The number of carbonyl (C=O) groups excluding carboxylic acids is 4. The van der Waals surface area contributed by atoms with Crippen LogP contribution in [0, 0.1) is 5.92 Å². The molecule has 5 amide bonds. The van der Waals surface area contributed by atoms with Gasteiger partial charge in [0.15, 0.2) is 0 Å². The predicted octanol–water partition coefficient (Wildman–Crippen LogP) is 0.756. The van der Waals surface area contributed by atoms with Crippen LogP contribution in [0.5, 0.6) is 0 Å². The van der Waals surface area contributed by atoms with Crippen LogP contribution in [0.4, 0.5) is 4.79 Å². The van der Waals surface area contributed by atoms with Crippen molar-refractivity contribution in [3.05, 3.63) is 72.3 Å². The van der Waals surface area contributed by atoms with Gasteiger partial charge in [-0.3, -0.25) is 19.1 Å². The molecule has 234 valence electrons. The first-order chi connectivity index (χ1) is 21.6. The second kappa shape index (κ2) is 10.7. The fourth-order valence-corrected chi connectivity index (χ4v) is 7.77. The highest BCUT2D eigenvalue weighted by molar-refractivity contribution is 7.91. The summed E-state index contributed by atoms with van der Waals surface area (Å²) in [4.78, 5) is 59.8. The van der Waals surface area contributed by atoms with Crippen LogP contribution in [-0.2, 0) is 29.2 Å². The predicted molar refractivity (Wildman–Crippen MR) is 162 cm³/mol. The van der Waals surface area contributed by atoms with Gasteiger partial charge in [-0.2, -0.15) is 0 Å². The molecule has 2 aliphatic heterocycles. The molecule has 0 bridgehead atoms. The molecule has 0 unspecified atom stereocenters. The molecule has 2 aromatic carbocycles. The van der Waals surface area contributed by atoms with E-state index in [2.05, 4.69) is 32.4 Å². The number of fused-ring (bicyclic) bond motifs is 3. The zero-order chi connectivity index (χ0) is 31.5. The lowest BCUT2D eigenvalue weighted by molar-refractivity contribution is -0.140. The highest BCUT2D eigenvalue weighted by atomic mass is 32.2. The number of urea groups is 1. The Hall–Kier alpha value is -4.72. The van der Waals surface area contributed by atoms with Gasteiger partial charge in [-0.05, 0) is 30.4 Å². The summed E-state index contributed by atoms with van der Waals surface area (Å²) in [5.41, 5.74) is 2.98. The van der Waals surface area contributed by atoms with Crippen molar-refractivity contribution in [3.63, 3.8) is 0 Å². The van der Waals surface area contributed by atoms with Gasteiger partial charge in [-0.25, -0.2) is 13.2 Å². The average molecular weight is 633 g/mol. The van der Waals surface area contributed by atoms with Gasteiger partial charge < -0.3 is 25.7 Å². The van der Waals surface area contributed by atoms with E-state index < -0.39 is 68.7 Å². The summed E-state index contributed by atoms with van der Waals surface area (Å²) in [6.45, 7) is 3.78. The number of likely N-dealkylation sites (tertiary alicyclic amines) is 1. The molecule has 5 aliphatic rings. The van der Waals surface area contributed by atoms with E-state index in [1.54, 1.807) is 0 Å². The summed E-state index contributed by atoms with van der Waals surface area (Å²) in [6.07, 6.45) is 1.99. The van der Waals surface area contributed by atoms with Crippen LogP contribution in [0.15, 0.2) is 66.3 Å². The number of carbonyl (C=O) groups is 4. The second-order valence-corrected chi connectivity index (χ2v) is 14.1. The molecular formula is C31H32N6O7S. The molecule has 0 spiro atoms. The normalized spacial score (nSPS) is 27.9. The number of nitrogens with zero attached hydrogens (tertiary/aromatic N) is 2. The first-order valence-electron chi connectivity index (χ1n) is 14.9. The molecule has 2 saturated carbocycles. The zero-order valence-electron chi connectivity index (χ0n) is 24.2. The van der Waals surface area contributed by atoms with Gasteiger partial charge in [0.05, 0.1) is 11.8 Å². The van der Waals surface area contributed by atoms with Gasteiger partial charge in [0.1, 0.15) is 29.4 Å². The molecule has 4 fully saturated rings. The van der Waals surface area contributed by atoms with Gasteiger partial charge in [-0.15, -0.1) is 6.58 Å². The molecule has 2 saturated heterocycles. The molecule has 5 atom stereocenters. The third-order valence-electron chi connectivity index (χ3n) is 9.12. The van der Waals surface area contributed by atoms with Crippen molar-refractivity contribution in [2.24, 2.45) is 11.1 Å². The summed E-state index contributed by atoms with van der Waals surface area (Å²) in [7, 11) is -3.85. The minimum Gasteiger partial charge on any atom is -0.390 e. The average Bonchev–Trinajstić information content (AvgIpc) is 3.89. The van der Waals surface area contributed by atoms with Crippen LogP contribution in [0.2, 0.25) is 0 Å². The molecule has 2 aromatic rings. The maximum atomic E-state index is 13.8. The topological polar surface area (TPSA) is 175 Å². The molecular weight excluding hydrogens is 600 g/mol. The number of sulfonamides is 1. The van der Waals surface area contributed by atoms with E-state index in [4.69, 9.17) is 4.84 Å². The Labute approximate surface area is 259 Å². The van der Waals surface area contributed by atoms with E-state index in [0.717, 1.165) is 22.3 Å². The highest BCUT2D eigenvalue weighted by Crippen LogP contribution is 2.45. The maximum Gasteiger partial charge on any atom is 0.315 e. The fraction of sp³-hybridized carbons (Fsp3) is 0.387. The van der Waals surface area contributed by atoms with Crippen LogP contribution >= 0.6 is 0 Å². The van der Waals surface area contributed by atoms with Crippen LogP contribution in [0.25, 0.3) is 11.1 Å². The number of rotatable bonds is 9. The molecule has 13 nitrogen and oxygen atoms in total. The Morgan fingerprint density at radius 1 is 1.04 bits per heavy atom. The van der Waals surface area contributed by atoms with Gasteiger partial charge in [0.2, 0.25) is 21.8 Å². The summed E-state index contributed by atoms with van der Waals surface area (Å²) < 4.78 is 27.2.